The number of hydrogen-bond donors (Lipinski definition) is 2. The van der Waals surface area contributed by atoms with Crippen molar-refractivity contribution >= 4 is 5.91 Å². The SMILES string of the molecule is O=C(c1cn[nH]c1)N1CCN(CCOCc2ccccc2)C[C@@H](O)C1. The van der Waals surface area contributed by atoms with Gasteiger partial charge in [0.15, 0.2) is 0 Å². The van der Waals surface area contributed by atoms with E-state index >= 15 is 0 Å². The first kappa shape index (κ1) is 17.6. The number of nitrogens with zero attached hydrogens (tertiary/aromatic N) is 3. The Morgan fingerprint density at radius 2 is 2.12 bits per heavy atom. The molecule has 2 heterocycles. The van der Waals surface area contributed by atoms with Gasteiger partial charge in [0.05, 0.1) is 31.1 Å². The highest BCUT2D eigenvalue weighted by Crippen LogP contribution is 2.09. The summed E-state index contributed by atoms with van der Waals surface area (Å²) in [5.74, 6) is -0.102. The molecule has 0 bridgehead atoms. The van der Waals surface area contributed by atoms with Gasteiger partial charge >= 0.3 is 0 Å². The lowest BCUT2D eigenvalue weighted by atomic mass is 10.2. The largest absolute Gasteiger partial charge is 0.390 e. The van der Waals surface area contributed by atoms with Crippen LogP contribution in [0.15, 0.2) is 42.7 Å². The maximum absolute atomic E-state index is 12.4. The fourth-order valence-corrected chi connectivity index (χ4v) is 2.95. The number of rotatable bonds is 6. The zero-order valence-corrected chi connectivity index (χ0v) is 14.2. The summed E-state index contributed by atoms with van der Waals surface area (Å²) in [5, 5.41) is 16.7. The maximum atomic E-state index is 12.4. The Bertz CT molecular complexity index is 648. The minimum atomic E-state index is -0.563. The molecule has 25 heavy (non-hydrogen) atoms. The zero-order chi connectivity index (χ0) is 17.5. The van der Waals surface area contributed by atoms with Crippen molar-refractivity contribution < 1.29 is 14.6 Å². The van der Waals surface area contributed by atoms with E-state index in [-0.39, 0.29) is 5.91 Å². The first-order chi connectivity index (χ1) is 12.2. The molecule has 1 saturated heterocycles. The van der Waals surface area contributed by atoms with Gasteiger partial charge in [0.2, 0.25) is 0 Å². The Morgan fingerprint density at radius 1 is 1.28 bits per heavy atom. The van der Waals surface area contributed by atoms with Crippen LogP contribution in [0.4, 0.5) is 0 Å². The molecule has 1 amide bonds. The summed E-state index contributed by atoms with van der Waals surface area (Å²) < 4.78 is 5.72. The second-order valence-electron chi connectivity index (χ2n) is 6.23. The first-order valence-corrected chi connectivity index (χ1v) is 8.52. The molecule has 1 fully saturated rings. The topological polar surface area (TPSA) is 81.7 Å². The van der Waals surface area contributed by atoms with Crippen LogP contribution in [0.5, 0.6) is 0 Å². The third-order valence-electron chi connectivity index (χ3n) is 4.28. The normalized spacial score (nSPS) is 18.9. The highest BCUT2D eigenvalue weighted by Gasteiger charge is 2.25. The number of benzene rings is 1. The van der Waals surface area contributed by atoms with Crippen molar-refractivity contribution in [3.05, 3.63) is 53.9 Å². The number of β-amino-alcohol motifs (C(OH)–C–C–N with tert-alkyl or cyclic N) is 1. The lowest BCUT2D eigenvalue weighted by Crippen LogP contribution is -2.37. The second-order valence-corrected chi connectivity index (χ2v) is 6.23. The highest BCUT2D eigenvalue weighted by atomic mass is 16.5. The quantitative estimate of drug-likeness (QED) is 0.756. The molecule has 134 valence electrons. The summed E-state index contributed by atoms with van der Waals surface area (Å²) in [4.78, 5) is 16.2. The molecule has 1 aliphatic heterocycles. The number of hydrogen-bond acceptors (Lipinski definition) is 5. The molecular weight excluding hydrogens is 320 g/mol. The Balaban J connectivity index is 1.44. The van der Waals surface area contributed by atoms with Crippen LogP contribution in [0.2, 0.25) is 0 Å². The number of amides is 1. The van der Waals surface area contributed by atoms with E-state index in [1.54, 1.807) is 11.1 Å². The summed E-state index contributed by atoms with van der Waals surface area (Å²) in [5.41, 5.74) is 1.67. The van der Waals surface area contributed by atoms with Crippen LogP contribution in [0.25, 0.3) is 0 Å². The van der Waals surface area contributed by atoms with Crippen molar-refractivity contribution in [2.24, 2.45) is 0 Å². The number of aliphatic hydroxyl groups excluding tert-OH is 1. The Labute approximate surface area is 147 Å². The van der Waals surface area contributed by atoms with Crippen LogP contribution in [0, 0.1) is 0 Å². The van der Waals surface area contributed by atoms with Gasteiger partial charge in [0.1, 0.15) is 0 Å². The number of H-pyrrole nitrogens is 1. The minimum Gasteiger partial charge on any atom is -0.390 e. The summed E-state index contributed by atoms with van der Waals surface area (Å²) in [7, 11) is 0. The first-order valence-electron chi connectivity index (χ1n) is 8.52. The lowest BCUT2D eigenvalue weighted by molar-refractivity contribution is 0.0637. The van der Waals surface area contributed by atoms with Gasteiger partial charge in [-0.05, 0) is 5.56 Å². The van der Waals surface area contributed by atoms with Gasteiger partial charge in [-0.25, -0.2) is 0 Å². The van der Waals surface area contributed by atoms with Gasteiger partial charge < -0.3 is 14.7 Å². The Morgan fingerprint density at radius 3 is 2.88 bits per heavy atom. The monoisotopic (exact) mass is 344 g/mol. The average Bonchev–Trinajstić information content (AvgIpc) is 3.10. The number of nitrogens with one attached hydrogen (secondary N) is 1. The standard InChI is InChI=1S/C18H24N4O3/c23-17-12-21(8-9-25-14-15-4-2-1-3-5-15)6-7-22(13-17)18(24)16-10-19-20-11-16/h1-5,10-11,17,23H,6-9,12-14H2,(H,19,20)/t17-/m1/s1. The van der Waals surface area contributed by atoms with Crippen LogP contribution in [0.3, 0.4) is 0 Å². The molecule has 7 nitrogen and oxygen atoms in total. The third kappa shape index (κ3) is 5.12. The smallest absolute Gasteiger partial charge is 0.257 e. The molecule has 0 unspecified atom stereocenters. The van der Waals surface area contributed by atoms with Crippen LogP contribution in [-0.4, -0.2) is 76.4 Å². The van der Waals surface area contributed by atoms with Crippen molar-refractivity contribution in [2.45, 2.75) is 12.7 Å². The summed E-state index contributed by atoms with van der Waals surface area (Å²) in [6, 6.07) is 10.0. The van der Waals surface area contributed by atoms with Crippen molar-refractivity contribution in [1.29, 1.82) is 0 Å². The number of aliphatic hydroxyl groups is 1. The molecule has 0 spiro atoms. The summed E-state index contributed by atoms with van der Waals surface area (Å²) >= 11 is 0. The van der Waals surface area contributed by atoms with Crippen molar-refractivity contribution in [3.63, 3.8) is 0 Å². The van der Waals surface area contributed by atoms with E-state index in [0.717, 1.165) is 18.7 Å². The molecule has 0 radical (unpaired) electrons. The molecule has 1 aromatic carbocycles. The van der Waals surface area contributed by atoms with Gasteiger partial charge in [0, 0.05) is 38.9 Å². The lowest BCUT2D eigenvalue weighted by Gasteiger charge is -2.21. The number of ether oxygens (including phenoxy) is 1. The average molecular weight is 344 g/mol. The Kier molecular flexibility index (Phi) is 6.16. The Hall–Kier alpha value is -2.22. The van der Waals surface area contributed by atoms with E-state index in [2.05, 4.69) is 15.1 Å². The molecule has 0 aliphatic carbocycles. The van der Waals surface area contributed by atoms with Crippen LogP contribution in [0.1, 0.15) is 15.9 Å². The molecule has 3 rings (SSSR count). The van der Waals surface area contributed by atoms with Crippen molar-refractivity contribution in [3.8, 4) is 0 Å². The molecule has 1 aliphatic rings. The van der Waals surface area contributed by atoms with E-state index in [0.29, 0.717) is 38.4 Å². The van der Waals surface area contributed by atoms with Gasteiger partial charge in [0.25, 0.3) is 5.91 Å². The minimum absolute atomic E-state index is 0.102. The van der Waals surface area contributed by atoms with E-state index in [1.165, 1.54) is 6.20 Å². The molecular formula is C18H24N4O3. The van der Waals surface area contributed by atoms with Gasteiger partial charge in [-0.1, -0.05) is 30.3 Å². The predicted molar refractivity (Wildman–Crippen MR) is 93.0 cm³/mol. The number of aromatic nitrogens is 2. The number of carbonyl (C=O) groups is 1. The maximum Gasteiger partial charge on any atom is 0.257 e. The van der Waals surface area contributed by atoms with Gasteiger partial charge in [-0.2, -0.15) is 5.10 Å². The second kappa shape index (κ2) is 8.75. The van der Waals surface area contributed by atoms with E-state index in [9.17, 15) is 9.90 Å². The van der Waals surface area contributed by atoms with Crippen LogP contribution < -0.4 is 0 Å². The third-order valence-corrected chi connectivity index (χ3v) is 4.28. The zero-order valence-electron chi connectivity index (χ0n) is 14.2. The molecule has 2 N–H and O–H groups in total. The van der Waals surface area contributed by atoms with Crippen molar-refractivity contribution in [2.75, 3.05) is 39.3 Å². The fourth-order valence-electron chi connectivity index (χ4n) is 2.95. The van der Waals surface area contributed by atoms with E-state index < -0.39 is 6.10 Å². The summed E-state index contributed by atoms with van der Waals surface area (Å²) in [6.07, 6.45) is 2.52. The summed E-state index contributed by atoms with van der Waals surface area (Å²) in [6.45, 7) is 4.10. The van der Waals surface area contributed by atoms with Crippen LogP contribution >= 0.6 is 0 Å². The van der Waals surface area contributed by atoms with E-state index in [4.69, 9.17) is 4.74 Å². The fraction of sp³-hybridized carbons (Fsp3) is 0.444. The molecule has 7 heteroatoms. The highest BCUT2D eigenvalue weighted by molar-refractivity contribution is 5.93. The number of aromatic amines is 1. The van der Waals surface area contributed by atoms with E-state index in [1.807, 2.05) is 30.3 Å². The number of carbonyl (C=O) groups excluding carboxylic acids is 1. The molecule has 1 aromatic heterocycles. The molecule has 1 atom stereocenters. The van der Waals surface area contributed by atoms with Crippen LogP contribution in [-0.2, 0) is 11.3 Å². The predicted octanol–water partition coefficient (Wildman–Crippen LogP) is 0.745. The van der Waals surface area contributed by atoms with Gasteiger partial charge in [-0.3, -0.25) is 14.8 Å². The van der Waals surface area contributed by atoms with Crippen molar-refractivity contribution in [1.82, 2.24) is 20.0 Å². The van der Waals surface area contributed by atoms with Gasteiger partial charge in [-0.15, -0.1) is 0 Å². The molecule has 2 aromatic rings. The molecule has 0 saturated carbocycles.